The van der Waals surface area contributed by atoms with Gasteiger partial charge in [0.15, 0.2) is 5.96 Å². The van der Waals surface area contributed by atoms with Crippen LogP contribution in [-0.2, 0) is 6.54 Å². The summed E-state index contributed by atoms with van der Waals surface area (Å²) < 4.78 is 5.93. The second-order valence-corrected chi connectivity index (χ2v) is 5.25. The summed E-state index contributed by atoms with van der Waals surface area (Å²) >= 11 is 0. The second-order valence-electron chi connectivity index (χ2n) is 5.25. The molecule has 0 spiro atoms. The number of nitrogens with one attached hydrogen (secondary N) is 2. The lowest BCUT2D eigenvalue weighted by Gasteiger charge is -2.12. The van der Waals surface area contributed by atoms with Gasteiger partial charge in [0.2, 0.25) is 5.88 Å². The highest BCUT2D eigenvalue weighted by atomic mass is 127. The number of halogens is 1. The van der Waals surface area contributed by atoms with Crippen LogP contribution in [0.25, 0.3) is 0 Å². The first kappa shape index (κ1) is 19.0. The standard InChI is InChI=1S/C16H26N4O.HI/c1-3-17-16(18-4-2)20-12-13-9-10-19-15(11-13)21-14-7-5-6-8-14;/h9-11,14H,3-8,12H2,1-2H3,(H2,17,18,20);1H. The highest BCUT2D eigenvalue weighted by Gasteiger charge is 2.16. The van der Waals surface area contributed by atoms with Crippen LogP contribution in [0.5, 0.6) is 5.88 Å². The molecule has 1 aliphatic rings. The monoisotopic (exact) mass is 418 g/mol. The topological polar surface area (TPSA) is 58.5 Å². The van der Waals surface area contributed by atoms with Crippen molar-refractivity contribution in [2.24, 2.45) is 4.99 Å². The largest absolute Gasteiger partial charge is 0.474 e. The molecule has 0 aromatic carbocycles. The van der Waals surface area contributed by atoms with Crippen LogP contribution in [0.4, 0.5) is 0 Å². The Morgan fingerprint density at radius 1 is 1.27 bits per heavy atom. The Hall–Kier alpha value is -1.05. The van der Waals surface area contributed by atoms with Gasteiger partial charge in [-0.3, -0.25) is 0 Å². The molecular formula is C16H27IN4O. The third kappa shape index (κ3) is 6.37. The Morgan fingerprint density at radius 2 is 1.95 bits per heavy atom. The molecule has 1 saturated carbocycles. The maximum absolute atomic E-state index is 5.93. The minimum atomic E-state index is 0. The highest BCUT2D eigenvalue weighted by molar-refractivity contribution is 14.0. The summed E-state index contributed by atoms with van der Waals surface area (Å²) in [6.07, 6.45) is 6.97. The fraction of sp³-hybridized carbons (Fsp3) is 0.625. The molecule has 0 radical (unpaired) electrons. The van der Waals surface area contributed by atoms with E-state index in [-0.39, 0.29) is 24.0 Å². The molecule has 2 N–H and O–H groups in total. The van der Waals surface area contributed by atoms with Crippen molar-refractivity contribution in [3.05, 3.63) is 23.9 Å². The van der Waals surface area contributed by atoms with Crippen LogP contribution in [0.1, 0.15) is 45.1 Å². The molecule has 22 heavy (non-hydrogen) atoms. The van der Waals surface area contributed by atoms with Crippen molar-refractivity contribution in [1.82, 2.24) is 15.6 Å². The van der Waals surface area contributed by atoms with Gasteiger partial charge < -0.3 is 15.4 Å². The van der Waals surface area contributed by atoms with Gasteiger partial charge in [0.1, 0.15) is 6.10 Å². The number of hydrogen-bond donors (Lipinski definition) is 2. The fourth-order valence-corrected chi connectivity index (χ4v) is 2.47. The van der Waals surface area contributed by atoms with Gasteiger partial charge in [0, 0.05) is 25.4 Å². The number of guanidine groups is 1. The van der Waals surface area contributed by atoms with Crippen molar-refractivity contribution in [2.75, 3.05) is 13.1 Å². The molecule has 1 fully saturated rings. The van der Waals surface area contributed by atoms with Crippen molar-refractivity contribution in [1.29, 1.82) is 0 Å². The molecule has 6 heteroatoms. The molecule has 1 aromatic rings. The van der Waals surface area contributed by atoms with E-state index < -0.39 is 0 Å². The van der Waals surface area contributed by atoms with Gasteiger partial charge in [-0.15, -0.1) is 24.0 Å². The predicted octanol–water partition coefficient (Wildman–Crippen LogP) is 3.10. The molecule has 0 aliphatic heterocycles. The summed E-state index contributed by atoms with van der Waals surface area (Å²) in [7, 11) is 0. The maximum atomic E-state index is 5.93. The van der Waals surface area contributed by atoms with Gasteiger partial charge in [-0.1, -0.05) is 0 Å². The van der Waals surface area contributed by atoms with Gasteiger partial charge in [-0.05, 0) is 51.2 Å². The fourth-order valence-electron chi connectivity index (χ4n) is 2.47. The molecule has 0 saturated heterocycles. The van der Waals surface area contributed by atoms with Gasteiger partial charge in [-0.2, -0.15) is 0 Å². The Bertz CT molecular complexity index is 453. The Labute approximate surface area is 150 Å². The Kier molecular flexibility index (Phi) is 9.19. The number of nitrogens with zero attached hydrogens (tertiary/aromatic N) is 2. The van der Waals surface area contributed by atoms with Crippen molar-refractivity contribution < 1.29 is 4.74 Å². The van der Waals surface area contributed by atoms with E-state index in [1.54, 1.807) is 6.20 Å². The number of rotatable bonds is 6. The van der Waals surface area contributed by atoms with Gasteiger partial charge in [-0.25, -0.2) is 9.98 Å². The maximum Gasteiger partial charge on any atom is 0.213 e. The van der Waals surface area contributed by atoms with E-state index >= 15 is 0 Å². The number of aromatic nitrogens is 1. The lowest BCUT2D eigenvalue weighted by Crippen LogP contribution is -2.36. The first-order chi connectivity index (χ1) is 10.3. The van der Waals surface area contributed by atoms with Crippen LogP contribution in [0.2, 0.25) is 0 Å². The molecule has 124 valence electrons. The smallest absolute Gasteiger partial charge is 0.213 e. The minimum Gasteiger partial charge on any atom is -0.474 e. The third-order valence-electron chi connectivity index (χ3n) is 3.50. The van der Waals surface area contributed by atoms with E-state index in [9.17, 15) is 0 Å². The highest BCUT2D eigenvalue weighted by Crippen LogP contribution is 2.23. The molecule has 1 aromatic heterocycles. The van der Waals surface area contributed by atoms with Crippen LogP contribution in [0.15, 0.2) is 23.3 Å². The average Bonchev–Trinajstić information content (AvgIpc) is 2.99. The van der Waals surface area contributed by atoms with Crippen LogP contribution in [0.3, 0.4) is 0 Å². The summed E-state index contributed by atoms with van der Waals surface area (Å²) in [5.74, 6) is 1.57. The zero-order valence-electron chi connectivity index (χ0n) is 13.5. The zero-order valence-corrected chi connectivity index (χ0v) is 15.8. The normalized spacial score (nSPS) is 14.1. The summed E-state index contributed by atoms with van der Waals surface area (Å²) in [6, 6.07) is 3.98. The predicted molar refractivity (Wildman–Crippen MR) is 101 cm³/mol. The number of hydrogen-bond acceptors (Lipinski definition) is 3. The second kappa shape index (κ2) is 10.6. The molecular weight excluding hydrogens is 391 g/mol. The van der Waals surface area contributed by atoms with Crippen molar-refractivity contribution in [3.8, 4) is 5.88 Å². The van der Waals surface area contributed by atoms with Crippen molar-refractivity contribution >= 4 is 29.9 Å². The molecule has 0 amide bonds. The average molecular weight is 418 g/mol. The third-order valence-corrected chi connectivity index (χ3v) is 3.50. The molecule has 1 aliphatic carbocycles. The van der Waals surface area contributed by atoms with Gasteiger partial charge in [0.25, 0.3) is 0 Å². The molecule has 0 unspecified atom stereocenters. The van der Waals surface area contributed by atoms with E-state index in [0.29, 0.717) is 12.6 Å². The number of aliphatic imine (C=N–C) groups is 1. The lowest BCUT2D eigenvalue weighted by atomic mass is 10.2. The van der Waals surface area contributed by atoms with Crippen molar-refractivity contribution in [2.45, 2.75) is 52.2 Å². The lowest BCUT2D eigenvalue weighted by molar-refractivity contribution is 0.201. The van der Waals surface area contributed by atoms with E-state index in [1.807, 2.05) is 12.1 Å². The molecule has 0 bridgehead atoms. The van der Waals surface area contributed by atoms with Crippen LogP contribution in [-0.4, -0.2) is 30.1 Å². The summed E-state index contributed by atoms with van der Waals surface area (Å²) in [5.41, 5.74) is 1.12. The van der Waals surface area contributed by atoms with Crippen molar-refractivity contribution in [3.63, 3.8) is 0 Å². The zero-order chi connectivity index (χ0) is 14.9. The van der Waals surface area contributed by atoms with Crippen LogP contribution >= 0.6 is 24.0 Å². The SMILES string of the molecule is CCNC(=NCc1ccnc(OC2CCCC2)c1)NCC.I. The minimum absolute atomic E-state index is 0. The molecule has 0 atom stereocenters. The summed E-state index contributed by atoms with van der Waals surface area (Å²) in [4.78, 5) is 8.86. The summed E-state index contributed by atoms with van der Waals surface area (Å²) in [5, 5.41) is 6.44. The first-order valence-electron chi connectivity index (χ1n) is 7.95. The number of pyridine rings is 1. The van der Waals surface area contributed by atoms with Crippen LogP contribution in [0, 0.1) is 0 Å². The van der Waals surface area contributed by atoms with Gasteiger partial charge in [0.05, 0.1) is 6.54 Å². The molecule has 1 heterocycles. The van der Waals surface area contributed by atoms with Gasteiger partial charge >= 0.3 is 0 Å². The van der Waals surface area contributed by atoms with E-state index in [0.717, 1.165) is 43.3 Å². The molecule has 2 rings (SSSR count). The quantitative estimate of drug-likeness (QED) is 0.424. The molecule has 5 nitrogen and oxygen atoms in total. The summed E-state index contributed by atoms with van der Waals surface area (Å²) in [6.45, 7) is 6.47. The number of ether oxygens (including phenoxy) is 1. The van der Waals surface area contributed by atoms with E-state index in [4.69, 9.17) is 4.74 Å². The van der Waals surface area contributed by atoms with E-state index in [1.165, 1.54) is 12.8 Å². The van der Waals surface area contributed by atoms with Crippen LogP contribution < -0.4 is 15.4 Å². The van der Waals surface area contributed by atoms with E-state index in [2.05, 4.69) is 34.5 Å². The Balaban J connectivity index is 0.00000242. The first-order valence-corrected chi connectivity index (χ1v) is 7.95. The Morgan fingerprint density at radius 3 is 2.59 bits per heavy atom.